The van der Waals surface area contributed by atoms with Crippen LogP contribution < -0.4 is 14.8 Å². The molecule has 0 bridgehead atoms. The van der Waals surface area contributed by atoms with Gasteiger partial charge in [-0.15, -0.1) is 0 Å². The first-order valence-electron chi connectivity index (χ1n) is 9.70. The minimum Gasteiger partial charge on any atom is -0.454 e. The van der Waals surface area contributed by atoms with E-state index in [4.69, 9.17) is 9.47 Å². The van der Waals surface area contributed by atoms with Crippen molar-refractivity contribution in [2.24, 2.45) is 0 Å². The molecular formula is C23H24N2O3. The zero-order valence-electron chi connectivity index (χ0n) is 16.4. The maximum atomic E-state index is 13.1. The van der Waals surface area contributed by atoms with E-state index in [0.29, 0.717) is 0 Å². The van der Waals surface area contributed by atoms with Gasteiger partial charge in [-0.3, -0.25) is 4.79 Å². The smallest absolute Gasteiger partial charge is 0.235 e. The normalized spacial score (nSPS) is 17.0. The summed E-state index contributed by atoms with van der Waals surface area (Å²) in [6.07, 6.45) is 1.69. The van der Waals surface area contributed by atoms with Crippen LogP contribution in [0, 0.1) is 0 Å². The van der Waals surface area contributed by atoms with Crippen LogP contribution in [0.15, 0.2) is 42.5 Å². The van der Waals surface area contributed by atoms with Gasteiger partial charge in [0.15, 0.2) is 11.5 Å². The van der Waals surface area contributed by atoms with Crippen LogP contribution in [0.3, 0.4) is 0 Å². The molecule has 144 valence electrons. The Labute approximate surface area is 164 Å². The molecule has 1 amide bonds. The molecule has 1 aliphatic carbocycles. The minimum absolute atomic E-state index is 0.0355. The number of H-pyrrole nitrogens is 1. The predicted molar refractivity (Wildman–Crippen MR) is 109 cm³/mol. The van der Waals surface area contributed by atoms with Crippen molar-refractivity contribution in [2.45, 2.75) is 44.4 Å². The van der Waals surface area contributed by atoms with Crippen LogP contribution >= 0.6 is 0 Å². The van der Waals surface area contributed by atoms with E-state index in [2.05, 4.69) is 43.2 Å². The van der Waals surface area contributed by atoms with Crippen molar-refractivity contribution in [1.29, 1.82) is 0 Å². The van der Waals surface area contributed by atoms with Crippen LogP contribution in [0.4, 0.5) is 5.69 Å². The predicted octanol–water partition coefficient (Wildman–Crippen LogP) is 4.86. The van der Waals surface area contributed by atoms with Crippen molar-refractivity contribution in [1.82, 2.24) is 4.98 Å². The van der Waals surface area contributed by atoms with Gasteiger partial charge in [0.05, 0.1) is 5.41 Å². The van der Waals surface area contributed by atoms with Gasteiger partial charge in [-0.05, 0) is 54.1 Å². The van der Waals surface area contributed by atoms with Crippen LogP contribution in [-0.2, 0) is 15.6 Å². The van der Waals surface area contributed by atoms with Crippen molar-refractivity contribution in [3.05, 3.63) is 53.7 Å². The third-order valence-corrected chi connectivity index (χ3v) is 5.80. The molecule has 0 atom stereocenters. The molecule has 0 spiro atoms. The molecule has 3 aromatic rings. The monoisotopic (exact) mass is 376 g/mol. The highest BCUT2D eigenvalue weighted by atomic mass is 16.7. The first-order chi connectivity index (χ1) is 13.3. The zero-order chi connectivity index (χ0) is 19.5. The second kappa shape index (κ2) is 5.77. The summed E-state index contributed by atoms with van der Waals surface area (Å²) in [6.45, 7) is 6.79. The lowest BCUT2D eigenvalue weighted by molar-refractivity contribution is -0.118. The number of fused-ring (bicyclic) bond motifs is 2. The van der Waals surface area contributed by atoms with Gasteiger partial charge in [0.2, 0.25) is 12.7 Å². The lowest BCUT2D eigenvalue weighted by Crippen LogP contribution is -2.27. The van der Waals surface area contributed by atoms with Gasteiger partial charge in [-0.2, -0.15) is 0 Å². The molecule has 5 rings (SSSR count). The van der Waals surface area contributed by atoms with Gasteiger partial charge in [0.1, 0.15) is 0 Å². The Morgan fingerprint density at radius 2 is 1.82 bits per heavy atom. The maximum Gasteiger partial charge on any atom is 0.235 e. The Bertz CT molecular complexity index is 1090. The van der Waals surface area contributed by atoms with E-state index in [1.54, 1.807) is 0 Å². The highest BCUT2D eigenvalue weighted by molar-refractivity contribution is 6.02. The number of rotatable bonds is 3. The third kappa shape index (κ3) is 2.73. The average molecular weight is 376 g/mol. The third-order valence-electron chi connectivity index (χ3n) is 5.80. The number of nitrogens with one attached hydrogen (secondary N) is 2. The van der Waals surface area contributed by atoms with Crippen molar-refractivity contribution in [3.63, 3.8) is 0 Å². The molecule has 1 fully saturated rings. The number of amides is 1. The molecule has 28 heavy (non-hydrogen) atoms. The fraction of sp³-hybridized carbons (Fsp3) is 0.348. The summed E-state index contributed by atoms with van der Waals surface area (Å²) in [5.74, 6) is 1.50. The van der Waals surface area contributed by atoms with E-state index < -0.39 is 5.41 Å². The number of aromatic nitrogens is 1. The molecule has 1 saturated carbocycles. The summed E-state index contributed by atoms with van der Waals surface area (Å²) < 4.78 is 10.9. The lowest BCUT2D eigenvalue weighted by atomic mass is 9.92. The highest BCUT2D eigenvalue weighted by Crippen LogP contribution is 2.51. The number of ether oxygens (including phenoxy) is 2. The number of hydrogen-bond donors (Lipinski definition) is 2. The molecule has 2 aromatic carbocycles. The van der Waals surface area contributed by atoms with Crippen molar-refractivity contribution in [3.8, 4) is 11.5 Å². The maximum absolute atomic E-state index is 13.1. The summed E-state index contributed by atoms with van der Waals surface area (Å²) in [4.78, 5) is 16.6. The van der Waals surface area contributed by atoms with E-state index in [-0.39, 0.29) is 18.1 Å². The summed E-state index contributed by atoms with van der Waals surface area (Å²) in [5.41, 5.74) is 3.61. The van der Waals surface area contributed by atoms with Crippen LogP contribution in [0.25, 0.3) is 10.9 Å². The molecule has 2 heterocycles. The fourth-order valence-corrected chi connectivity index (χ4v) is 3.83. The van der Waals surface area contributed by atoms with E-state index in [0.717, 1.165) is 46.5 Å². The van der Waals surface area contributed by atoms with Gasteiger partial charge in [0.25, 0.3) is 0 Å². The molecule has 0 unspecified atom stereocenters. The molecule has 1 aromatic heterocycles. The Hall–Kier alpha value is -2.95. The standard InChI is InChI=1S/C23H24N2O3/c1-22(2,3)20-10-14-4-6-16(12-17(14)25-20)24-21(26)23(8-9-23)15-5-7-18-19(11-15)28-13-27-18/h4-7,10-12,25H,8-9,13H2,1-3H3,(H,24,26). The van der Waals surface area contributed by atoms with Gasteiger partial charge >= 0.3 is 0 Å². The van der Waals surface area contributed by atoms with Crippen molar-refractivity contribution >= 4 is 22.5 Å². The number of benzene rings is 2. The Kier molecular flexibility index (Phi) is 3.54. The summed E-state index contributed by atoms with van der Waals surface area (Å²) in [6, 6.07) is 14.0. The van der Waals surface area contributed by atoms with Gasteiger partial charge in [0, 0.05) is 22.3 Å². The number of carbonyl (C=O) groups excluding carboxylic acids is 1. The van der Waals surface area contributed by atoms with Crippen LogP contribution in [0.5, 0.6) is 11.5 Å². The quantitative estimate of drug-likeness (QED) is 0.686. The van der Waals surface area contributed by atoms with Gasteiger partial charge < -0.3 is 19.8 Å². The zero-order valence-corrected chi connectivity index (χ0v) is 16.4. The van der Waals surface area contributed by atoms with E-state index in [1.165, 1.54) is 5.69 Å². The highest BCUT2D eigenvalue weighted by Gasteiger charge is 2.51. The number of hydrogen-bond acceptors (Lipinski definition) is 3. The molecule has 5 nitrogen and oxygen atoms in total. The Morgan fingerprint density at radius 1 is 1.04 bits per heavy atom. The molecule has 0 radical (unpaired) electrons. The van der Waals surface area contributed by atoms with Crippen LogP contribution in [-0.4, -0.2) is 17.7 Å². The number of anilines is 1. The minimum atomic E-state index is -0.470. The summed E-state index contributed by atoms with van der Waals surface area (Å²) >= 11 is 0. The topological polar surface area (TPSA) is 63.4 Å². The SMILES string of the molecule is CC(C)(C)c1cc2ccc(NC(=O)C3(c4ccc5c(c4)OCO5)CC3)cc2[nH]1. The molecule has 2 N–H and O–H groups in total. The lowest BCUT2D eigenvalue weighted by Gasteiger charge is -2.16. The number of aromatic amines is 1. The second-order valence-electron chi connectivity index (χ2n) is 8.84. The van der Waals surface area contributed by atoms with Crippen molar-refractivity contribution in [2.75, 3.05) is 12.1 Å². The summed E-state index contributed by atoms with van der Waals surface area (Å²) in [7, 11) is 0. The van der Waals surface area contributed by atoms with Crippen LogP contribution in [0.2, 0.25) is 0 Å². The fourth-order valence-electron chi connectivity index (χ4n) is 3.83. The first kappa shape index (κ1) is 17.2. The Balaban J connectivity index is 1.40. The molecule has 5 heteroatoms. The van der Waals surface area contributed by atoms with E-state index in [1.807, 2.05) is 30.3 Å². The van der Waals surface area contributed by atoms with Crippen LogP contribution in [0.1, 0.15) is 44.9 Å². The summed E-state index contributed by atoms with van der Waals surface area (Å²) in [5, 5.41) is 4.27. The molecule has 2 aliphatic rings. The number of carbonyl (C=O) groups is 1. The van der Waals surface area contributed by atoms with Crippen molar-refractivity contribution < 1.29 is 14.3 Å². The largest absolute Gasteiger partial charge is 0.454 e. The van der Waals surface area contributed by atoms with E-state index in [9.17, 15) is 4.79 Å². The van der Waals surface area contributed by atoms with Gasteiger partial charge in [-0.25, -0.2) is 0 Å². The van der Waals surface area contributed by atoms with E-state index >= 15 is 0 Å². The molecular weight excluding hydrogens is 352 g/mol. The van der Waals surface area contributed by atoms with Gasteiger partial charge in [-0.1, -0.05) is 32.9 Å². The Morgan fingerprint density at radius 3 is 2.57 bits per heavy atom. The average Bonchev–Trinajstić information content (AvgIpc) is 3.13. The molecule has 1 aliphatic heterocycles. The first-order valence-corrected chi connectivity index (χ1v) is 9.70. The second-order valence-corrected chi connectivity index (χ2v) is 8.84. The molecule has 0 saturated heterocycles.